The van der Waals surface area contributed by atoms with E-state index in [0.29, 0.717) is 10.9 Å². The first-order valence-electron chi connectivity index (χ1n) is 6.72. The summed E-state index contributed by atoms with van der Waals surface area (Å²) in [6.07, 6.45) is -5.24. The topological polar surface area (TPSA) is 20.2 Å². The molecule has 1 heterocycles. The van der Waals surface area contributed by atoms with Crippen LogP contribution in [0.3, 0.4) is 0 Å². The SMILES string of the molecule is OC(Cc1ccccc1)(c1cc2ccccc2s1)C(F)(F)F. The molecule has 0 spiro atoms. The van der Waals surface area contributed by atoms with Crippen molar-refractivity contribution in [3.8, 4) is 0 Å². The molecule has 0 saturated heterocycles. The van der Waals surface area contributed by atoms with Crippen molar-refractivity contribution in [1.29, 1.82) is 0 Å². The lowest BCUT2D eigenvalue weighted by Crippen LogP contribution is -2.43. The highest BCUT2D eigenvalue weighted by atomic mass is 32.1. The van der Waals surface area contributed by atoms with Crippen LogP contribution in [0, 0.1) is 0 Å². The summed E-state index contributed by atoms with van der Waals surface area (Å²) in [6.45, 7) is 0. The molecule has 3 aromatic rings. The van der Waals surface area contributed by atoms with E-state index in [9.17, 15) is 18.3 Å². The fourth-order valence-corrected chi connectivity index (χ4v) is 3.57. The molecular weight excluding hydrogens is 309 g/mol. The first-order chi connectivity index (χ1) is 10.4. The van der Waals surface area contributed by atoms with Crippen LogP contribution in [-0.2, 0) is 12.0 Å². The summed E-state index contributed by atoms with van der Waals surface area (Å²) in [6, 6.07) is 16.7. The quantitative estimate of drug-likeness (QED) is 0.727. The average Bonchev–Trinajstić information content (AvgIpc) is 2.91. The van der Waals surface area contributed by atoms with E-state index in [1.54, 1.807) is 54.6 Å². The lowest BCUT2D eigenvalue weighted by atomic mass is 9.92. The van der Waals surface area contributed by atoms with E-state index in [1.165, 1.54) is 6.07 Å². The maximum atomic E-state index is 13.6. The molecule has 0 aliphatic heterocycles. The van der Waals surface area contributed by atoms with E-state index in [0.717, 1.165) is 16.0 Å². The second kappa shape index (κ2) is 5.41. The van der Waals surface area contributed by atoms with Crippen LogP contribution in [0.25, 0.3) is 10.1 Å². The summed E-state index contributed by atoms with van der Waals surface area (Å²) in [7, 11) is 0. The largest absolute Gasteiger partial charge is 0.422 e. The Morgan fingerprint density at radius 2 is 1.55 bits per heavy atom. The van der Waals surface area contributed by atoms with Gasteiger partial charge in [-0.05, 0) is 23.1 Å². The average molecular weight is 322 g/mol. The van der Waals surface area contributed by atoms with Crippen molar-refractivity contribution in [3.63, 3.8) is 0 Å². The van der Waals surface area contributed by atoms with Gasteiger partial charge in [0.1, 0.15) is 0 Å². The van der Waals surface area contributed by atoms with Crippen molar-refractivity contribution in [2.45, 2.75) is 18.2 Å². The van der Waals surface area contributed by atoms with Gasteiger partial charge in [0, 0.05) is 16.0 Å². The van der Waals surface area contributed by atoms with Crippen molar-refractivity contribution >= 4 is 21.4 Å². The molecular formula is C17H13F3OS. The van der Waals surface area contributed by atoms with Gasteiger partial charge in [0.2, 0.25) is 0 Å². The predicted octanol–water partition coefficient (Wildman–Crippen LogP) is 4.89. The Bertz CT molecular complexity index is 746. The lowest BCUT2D eigenvalue weighted by Gasteiger charge is -2.29. The molecule has 0 radical (unpaired) electrons. The zero-order chi connectivity index (χ0) is 15.8. The van der Waals surface area contributed by atoms with Gasteiger partial charge in [0.25, 0.3) is 0 Å². The van der Waals surface area contributed by atoms with Gasteiger partial charge in [-0.25, -0.2) is 0 Å². The van der Waals surface area contributed by atoms with Gasteiger partial charge < -0.3 is 5.11 Å². The number of thiophene rings is 1. The van der Waals surface area contributed by atoms with Crippen LogP contribution in [0.1, 0.15) is 10.4 Å². The molecule has 114 valence electrons. The van der Waals surface area contributed by atoms with Gasteiger partial charge in [-0.15, -0.1) is 11.3 Å². The molecule has 22 heavy (non-hydrogen) atoms. The summed E-state index contributed by atoms with van der Waals surface area (Å²) in [5.74, 6) is 0. The van der Waals surface area contributed by atoms with Crippen LogP contribution in [0.4, 0.5) is 13.2 Å². The monoisotopic (exact) mass is 322 g/mol. The van der Waals surface area contributed by atoms with Crippen molar-refractivity contribution in [1.82, 2.24) is 0 Å². The summed E-state index contributed by atoms with van der Waals surface area (Å²) in [4.78, 5) is -0.0787. The zero-order valence-corrected chi connectivity index (χ0v) is 12.3. The molecule has 1 N–H and O–H groups in total. The molecule has 1 aromatic heterocycles. The van der Waals surface area contributed by atoms with E-state index in [4.69, 9.17) is 0 Å². The highest BCUT2D eigenvalue weighted by molar-refractivity contribution is 7.19. The highest BCUT2D eigenvalue weighted by Crippen LogP contribution is 2.45. The third-order valence-electron chi connectivity index (χ3n) is 3.60. The Kier molecular flexibility index (Phi) is 3.70. The van der Waals surface area contributed by atoms with Crippen LogP contribution in [0.2, 0.25) is 0 Å². The van der Waals surface area contributed by atoms with Crippen LogP contribution in [0.5, 0.6) is 0 Å². The Balaban J connectivity index is 2.09. The van der Waals surface area contributed by atoms with Crippen LogP contribution in [-0.4, -0.2) is 11.3 Å². The van der Waals surface area contributed by atoms with Gasteiger partial charge in [-0.2, -0.15) is 13.2 Å². The molecule has 0 aliphatic carbocycles. The third-order valence-corrected chi connectivity index (χ3v) is 4.87. The minimum absolute atomic E-state index is 0.0787. The molecule has 3 rings (SSSR count). The first kappa shape index (κ1) is 15.1. The van der Waals surface area contributed by atoms with Gasteiger partial charge in [0.05, 0.1) is 0 Å². The second-order valence-electron chi connectivity index (χ2n) is 5.17. The maximum absolute atomic E-state index is 13.6. The van der Waals surface area contributed by atoms with Crippen molar-refractivity contribution in [2.24, 2.45) is 0 Å². The Morgan fingerprint density at radius 1 is 0.909 bits per heavy atom. The smallest absolute Gasteiger partial charge is 0.375 e. The van der Waals surface area contributed by atoms with Crippen molar-refractivity contribution < 1.29 is 18.3 Å². The van der Waals surface area contributed by atoms with Gasteiger partial charge in [0.15, 0.2) is 5.60 Å². The molecule has 1 nitrogen and oxygen atoms in total. The number of halogens is 3. The molecule has 0 saturated carbocycles. The van der Waals surface area contributed by atoms with Gasteiger partial charge in [-0.1, -0.05) is 48.5 Å². The fourth-order valence-electron chi connectivity index (χ4n) is 2.40. The van der Waals surface area contributed by atoms with Crippen LogP contribution in [0.15, 0.2) is 60.7 Å². The number of aliphatic hydroxyl groups is 1. The molecule has 5 heteroatoms. The van der Waals surface area contributed by atoms with E-state index in [1.807, 2.05) is 0 Å². The number of rotatable bonds is 3. The maximum Gasteiger partial charge on any atom is 0.422 e. The highest BCUT2D eigenvalue weighted by Gasteiger charge is 2.55. The molecule has 0 amide bonds. The normalized spacial score (nSPS) is 14.9. The summed E-state index contributed by atoms with van der Waals surface area (Å²) >= 11 is 0.980. The minimum Gasteiger partial charge on any atom is -0.375 e. The number of hydrogen-bond acceptors (Lipinski definition) is 2. The summed E-state index contributed by atoms with van der Waals surface area (Å²) < 4.78 is 41.4. The van der Waals surface area contributed by atoms with E-state index < -0.39 is 18.2 Å². The van der Waals surface area contributed by atoms with Gasteiger partial charge in [-0.3, -0.25) is 0 Å². The molecule has 0 aliphatic rings. The number of hydrogen-bond donors (Lipinski definition) is 1. The van der Waals surface area contributed by atoms with Crippen molar-refractivity contribution in [2.75, 3.05) is 0 Å². The summed E-state index contributed by atoms with van der Waals surface area (Å²) in [5, 5.41) is 11.2. The molecule has 1 unspecified atom stereocenters. The van der Waals surface area contributed by atoms with E-state index in [-0.39, 0.29) is 4.88 Å². The minimum atomic E-state index is -4.75. The molecule has 1 atom stereocenters. The number of fused-ring (bicyclic) bond motifs is 1. The summed E-state index contributed by atoms with van der Waals surface area (Å²) in [5.41, 5.74) is -2.43. The van der Waals surface area contributed by atoms with Gasteiger partial charge >= 0.3 is 6.18 Å². The third kappa shape index (κ3) is 2.62. The fraction of sp³-hybridized carbons (Fsp3) is 0.176. The lowest BCUT2D eigenvalue weighted by molar-refractivity contribution is -0.264. The molecule has 0 fully saturated rings. The zero-order valence-electron chi connectivity index (χ0n) is 11.5. The Hall–Kier alpha value is -1.85. The predicted molar refractivity (Wildman–Crippen MR) is 81.9 cm³/mol. The van der Waals surface area contributed by atoms with E-state index >= 15 is 0 Å². The number of benzene rings is 2. The second-order valence-corrected chi connectivity index (χ2v) is 6.25. The standard InChI is InChI=1S/C17H13F3OS/c18-17(19,20)16(21,11-12-6-2-1-3-7-12)15-10-13-8-4-5-9-14(13)22-15/h1-10,21H,11H2. The molecule has 2 aromatic carbocycles. The Labute approximate surface area is 129 Å². The first-order valence-corrected chi connectivity index (χ1v) is 7.54. The van der Waals surface area contributed by atoms with E-state index in [2.05, 4.69) is 0 Å². The van der Waals surface area contributed by atoms with Crippen LogP contribution < -0.4 is 0 Å². The van der Waals surface area contributed by atoms with Crippen molar-refractivity contribution in [3.05, 3.63) is 71.1 Å². The van der Waals surface area contributed by atoms with Crippen LogP contribution >= 0.6 is 11.3 Å². The molecule has 0 bridgehead atoms. The number of alkyl halides is 3. The Morgan fingerprint density at radius 3 is 2.18 bits per heavy atom.